The van der Waals surface area contributed by atoms with Crippen LogP contribution in [0.25, 0.3) is 0 Å². The maximum atomic E-state index is 12.8. The van der Waals surface area contributed by atoms with Gasteiger partial charge in [0.2, 0.25) is 5.91 Å². The third-order valence-corrected chi connectivity index (χ3v) is 5.92. The number of fused-ring (bicyclic) bond motifs is 4. The fraction of sp³-hybridized carbons (Fsp3) is 0.435. The summed E-state index contributed by atoms with van der Waals surface area (Å²) in [5.41, 5.74) is 2.53. The number of carbonyl (C=O) groups excluding carboxylic acids is 2. The van der Waals surface area contributed by atoms with E-state index in [0.717, 1.165) is 31.7 Å². The van der Waals surface area contributed by atoms with Crippen molar-refractivity contribution in [2.24, 2.45) is 11.8 Å². The van der Waals surface area contributed by atoms with Gasteiger partial charge in [0.15, 0.2) is 5.78 Å². The van der Waals surface area contributed by atoms with Crippen molar-refractivity contribution >= 4 is 17.4 Å². The Balaban J connectivity index is 1.41. The molecule has 2 atom stereocenters. The van der Waals surface area contributed by atoms with Gasteiger partial charge in [-0.3, -0.25) is 19.3 Å². The van der Waals surface area contributed by atoms with Gasteiger partial charge < -0.3 is 9.88 Å². The number of carbonyl (C=O) groups is 2. The van der Waals surface area contributed by atoms with Crippen LogP contribution in [-0.2, 0) is 11.3 Å². The standard InChI is InChI=1S/C23H27N3O3/c1-15(2)23(29)24-19-8-6-17(7-9-19)21(27)14-25-11-16-10-18(13-25)20-4-3-5-22(28)26(20)12-16/h3-9,15-16,18H,10-14H2,1-2H3,(H,24,29)/t16-,18-/m0/s1. The molecule has 0 saturated carbocycles. The first-order valence-electron chi connectivity index (χ1n) is 10.3. The number of anilines is 1. The molecule has 0 unspecified atom stereocenters. The number of pyridine rings is 1. The van der Waals surface area contributed by atoms with Crippen LogP contribution in [0.3, 0.4) is 0 Å². The number of rotatable bonds is 5. The van der Waals surface area contributed by atoms with Gasteiger partial charge in [-0.05, 0) is 42.7 Å². The highest BCUT2D eigenvalue weighted by atomic mass is 16.2. The first kappa shape index (κ1) is 19.6. The summed E-state index contributed by atoms with van der Waals surface area (Å²) in [6.07, 6.45) is 1.08. The highest BCUT2D eigenvalue weighted by Gasteiger charge is 2.34. The van der Waals surface area contributed by atoms with E-state index in [9.17, 15) is 14.4 Å². The lowest BCUT2D eigenvalue weighted by Crippen LogP contribution is -2.48. The summed E-state index contributed by atoms with van der Waals surface area (Å²) in [7, 11) is 0. The smallest absolute Gasteiger partial charge is 0.250 e. The Labute approximate surface area is 170 Å². The number of Topliss-reactive ketones (excluding diaryl/α,β-unsaturated/α-hetero) is 1. The number of aromatic nitrogens is 1. The molecule has 6 heteroatoms. The second-order valence-corrected chi connectivity index (χ2v) is 8.54. The normalized spacial score (nSPS) is 20.9. The van der Waals surface area contributed by atoms with Crippen LogP contribution in [0.4, 0.5) is 5.69 Å². The maximum Gasteiger partial charge on any atom is 0.250 e. The lowest BCUT2D eigenvalue weighted by molar-refractivity contribution is -0.118. The van der Waals surface area contributed by atoms with Crippen LogP contribution in [0, 0.1) is 11.8 Å². The van der Waals surface area contributed by atoms with Crippen molar-refractivity contribution in [2.45, 2.75) is 32.7 Å². The summed E-state index contributed by atoms with van der Waals surface area (Å²) >= 11 is 0. The SMILES string of the molecule is CC(C)C(=O)Nc1ccc(C(=O)CN2C[C@@H]3C[C@@H](C2)c2cccc(=O)n2C3)cc1. The average Bonchev–Trinajstić information content (AvgIpc) is 2.69. The van der Waals surface area contributed by atoms with Gasteiger partial charge in [-0.2, -0.15) is 0 Å². The number of ketones is 1. The van der Waals surface area contributed by atoms with E-state index < -0.39 is 0 Å². The van der Waals surface area contributed by atoms with Crippen LogP contribution >= 0.6 is 0 Å². The lowest BCUT2D eigenvalue weighted by atomic mass is 9.83. The molecule has 1 aromatic heterocycles. The van der Waals surface area contributed by atoms with Gasteiger partial charge in [-0.1, -0.05) is 19.9 Å². The fourth-order valence-corrected chi connectivity index (χ4v) is 4.45. The van der Waals surface area contributed by atoms with Crippen molar-refractivity contribution in [3.05, 3.63) is 64.1 Å². The highest BCUT2D eigenvalue weighted by molar-refractivity contribution is 5.98. The summed E-state index contributed by atoms with van der Waals surface area (Å²) in [5.74, 6) is 0.664. The Bertz CT molecular complexity index is 978. The number of likely N-dealkylation sites (tertiary alicyclic amines) is 1. The Morgan fingerprint density at radius 2 is 1.83 bits per heavy atom. The van der Waals surface area contributed by atoms with Gasteiger partial charge in [0.25, 0.3) is 5.56 Å². The monoisotopic (exact) mass is 393 g/mol. The molecule has 0 radical (unpaired) electrons. The van der Waals surface area contributed by atoms with E-state index in [1.807, 2.05) is 30.5 Å². The highest BCUT2D eigenvalue weighted by Crippen LogP contribution is 2.34. The van der Waals surface area contributed by atoms with Crippen molar-refractivity contribution in [2.75, 3.05) is 25.0 Å². The van der Waals surface area contributed by atoms with E-state index in [0.29, 0.717) is 29.6 Å². The Morgan fingerprint density at radius 1 is 1.07 bits per heavy atom. The molecule has 4 rings (SSSR count). The second kappa shape index (κ2) is 7.95. The maximum absolute atomic E-state index is 12.8. The molecule has 6 nitrogen and oxygen atoms in total. The molecule has 152 valence electrons. The number of amides is 1. The van der Waals surface area contributed by atoms with Crippen LogP contribution in [0.15, 0.2) is 47.3 Å². The topological polar surface area (TPSA) is 71.4 Å². The molecule has 1 saturated heterocycles. The number of hydrogen-bond acceptors (Lipinski definition) is 4. The minimum Gasteiger partial charge on any atom is -0.326 e. The summed E-state index contributed by atoms with van der Waals surface area (Å²) in [4.78, 5) is 38.9. The van der Waals surface area contributed by atoms with E-state index in [4.69, 9.17) is 0 Å². The zero-order valence-corrected chi connectivity index (χ0v) is 16.9. The van der Waals surface area contributed by atoms with Crippen molar-refractivity contribution in [1.82, 2.24) is 9.47 Å². The number of benzene rings is 1. The largest absolute Gasteiger partial charge is 0.326 e. The van der Waals surface area contributed by atoms with Gasteiger partial charge in [-0.25, -0.2) is 0 Å². The first-order valence-corrected chi connectivity index (χ1v) is 10.3. The molecular formula is C23H27N3O3. The number of nitrogens with zero attached hydrogens (tertiary/aromatic N) is 2. The predicted octanol–water partition coefficient (Wildman–Crippen LogP) is 2.74. The van der Waals surface area contributed by atoms with Crippen molar-refractivity contribution in [3.8, 4) is 0 Å². The van der Waals surface area contributed by atoms with Crippen molar-refractivity contribution < 1.29 is 9.59 Å². The summed E-state index contributed by atoms with van der Waals surface area (Å²) < 4.78 is 1.90. The number of nitrogens with one attached hydrogen (secondary N) is 1. The van der Waals surface area contributed by atoms with Crippen molar-refractivity contribution in [1.29, 1.82) is 0 Å². The minimum absolute atomic E-state index is 0.0386. The molecule has 3 heterocycles. The van der Waals surface area contributed by atoms with Crippen LogP contribution in [0.2, 0.25) is 0 Å². The van der Waals surface area contributed by atoms with Crippen molar-refractivity contribution in [3.63, 3.8) is 0 Å². The molecule has 1 aromatic carbocycles. The summed E-state index contributed by atoms with van der Waals surface area (Å²) in [5, 5.41) is 2.84. The second-order valence-electron chi connectivity index (χ2n) is 8.54. The van der Waals surface area contributed by atoms with Gasteiger partial charge in [0.1, 0.15) is 0 Å². The van der Waals surface area contributed by atoms with Crippen LogP contribution in [0.1, 0.15) is 42.2 Å². The predicted molar refractivity (Wildman–Crippen MR) is 112 cm³/mol. The van der Waals surface area contributed by atoms with Crippen LogP contribution in [0.5, 0.6) is 0 Å². The van der Waals surface area contributed by atoms with E-state index in [-0.39, 0.29) is 23.2 Å². The minimum atomic E-state index is -0.0872. The van der Waals surface area contributed by atoms with E-state index >= 15 is 0 Å². The van der Waals surface area contributed by atoms with E-state index in [2.05, 4.69) is 10.2 Å². The Kier molecular flexibility index (Phi) is 5.37. The molecule has 0 aliphatic carbocycles. The molecule has 1 amide bonds. The van der Waals surface area contributed by atoms with E-state index in [1.54, 1.807) is 30.3 Å². The Hall–Kier alpha value is -2.73. The van der Waals surface area contributed by atoms with Gasteiger partial charge in [0.05, 0.1) is 6.54 Å². The fourth-order valence-electron chi connectivity index (χ4n) is 4.45. The molecule has 29 heavy (non-hydrogen) atoms. The van der Waals surface area contributed by atoms with Crippen LogP contribution < -0.4 is 10.9 Å². The lowest BCUT2D eigenvalue weighted by Gasteiger charge is -2.42. The zero-order valence-electron chi connectivity index (χ0n) is 16.9. The molecule has 2 bridgehead atoms. The van der Waals surface area contributed by atoms with Gasteiger partial charge >= 0.3 is 0 Å². The zero-order chi connectivity index (χ0) is 20.5. The third kappa shape index (κ3) is 4.17. The van der Waals surface area contributed by atoms with Crippen LogP contribution in [-0.4, -0.2) is 40.8 Å². The van der Waals surface area contributed by atoms with Gasteiger partial charge in [0, 0.05) is 54.5 Å². The molecule has 2 aliphatic rings. The summed E-state index contributed by atoms with van der Waals surface area (Å²) in [6.45, 7) is 6.44. The molecular weight excluding hydrogens is 366 g/mol. The summed E-state index contributed by atoms with van der Waals surface area (Å²) in [6, 6.07) is 12.6. The third-order valence-electron chi connectivity index (χ3n) is 5.92. The average molecular weight is 393 g/mol. The molecule has 2 aliphatic heterocycles. The van der Waals surface area contributed by atoms with Gasteiger partial charge in [-0.15, -0.1) is 0 Å². The van der Waals surface area contributed by atoms with E-state index in [1.165, 1.54) is 0 Å². The molecule has 2 aromatic rings. The number of piperidine rings is 1. The molecule has 0 spiro atoms. The molecule has 1 fully saturated rings. The molecule has 1 N–H and O–H groups in total. The quantitative estimate of drug-likeness (QED) is 0.793. The number of hydrogen-bond donors (Lipinski definition) is 1. The Morgan fingerprint density at radius 3 is 2.55 bits per heavy atom. The first-order chi connectivity index (χ1) is 13.9.